The highest BCUT2D eigenvalue weighted by Gasteiger charge is 2.25. The molecule has 2 unspecified atom stereocenters. The topological polar surface area (TPSA) is 21.3 Å². The van der Waals surface area contributed by atoms with Crippen LogP contribution in [-0.4, -0.2) is 13.7 Å². The Morgan fingerprint density at radius 1 is 1.30 bits per heavy atom. The standard InChI is InChI=1S/C17H28ClNO/c1-7-19-16(10-12(2)17(3,4)5)14-9-8-13(20-6)11-15(14)18/h8-9,11-12,16,19H,7,10H2,1-6H3. The molecular formula is C17H28ClNO. The fourth-order valence-electron chi connectivity index (χ4n) is 2.19. The van der Waals surface area contributed by atoms with Crippen molar-refractivity contribution in [2.45, 2.75) is 47.1 Å². The molecule has 0 radical (unpaired) electrons. The molecule has 114 valence electrons. The molecule has 0 amide bonds. The van der Waals surface area contributed by atoms with Crippen molar-refractivity contribution in [3.63, 3.8) is 0 Å². The van der Waals surface area contributed by atoms with Gasteiger partial charge in [0.1, 0.15) is 5.75 Å². The van der Waals surface area contributed by atoms with E-state index >= 15 is 0 Å². The Hall–Kier alpha value is -0.730. The molecule has 1 rings (SSSR count). The lowest BCUT2D eigenvalue weighted by atomic mass is 9.77. The van der Waals surface area contributed by atoms with Gasteiger partial charge in [-0.15, -0.1) is 0 Å². The van der Waals surface area contributed by atoms with Gasteiger partial charge in [-0.25, -0.2) is 0 Å². The van der Waals surface area contributed by atoms with Gasteiger partial charge >= 0.3 is 0 Å². The second-order valence-electron chi connectivity index (χ2n) is 6.50. The molecule has 0 bridgehead atoms. The largest absolute Gasteiger partial charge is 0.497 e. The highest BCUT2D eigenvalue weighted by Crippen LogP contribution is 2.36. The fourth-order valence-corrected chi connectivity index (χ4v) is 2.49. The van der Waals surface area contributed by atoms with E-state index in [-0.39, 0.29) is 6.04 Å². The lowest BCUT2D eigenvalue weighted by Crippen LogP contribution is -2.27. The molecule has 0 saturated heterocycles. The normalized spacial score (nSPS) is 14.9. The van der Waals surface area contributed by atoms with Crippen LogP contribution < -0.4 is 10.1 Å². The first-order valence-corrected chi connectivity index (χ1v) is 7.74. The number of benzene rings is 1. The number of hydrogen-bond donors (Lipinski definition) is 1. The molecule has 0 spiro atoms. The predicted octanol–water partition coefficient (Wildman–Crippen LogP) is 5.07. The van der Waals surface area contributed by atoms with Gasteiger partial charge in [-0.05, 0) is 42.0 Å². The van der Waals surface area contributed by atoms with Crippen molar-refractivity contribution in [2.75, 3.05) is 13.7 Å². The molecule has 1 N–H and O–H groups in total. The second-order valence-corrected chi connectivity index (χ2v) is 6.91. The third kappa shape index (κ3) is 4.68. The SMILES string of the molecule is CCNC(CC(C)C(C)(C)C)c1ccc(OC)cc1Cl. The first-order chi connectivity index (χ1) is 9.29. The van der Waals surface area contributed by atoms with E-state index in [1.54, 1.807) is 7.11 Å². The average Bonchev–Trinajstić information content (AvgIpc) is 2.37. The van der Waals surface area contributed by atoms with Gasteiger partial charge < -0.3 is 10.1 Å². The van der Waals surface area contributed by atoms with Gasteiger partial charge in [-0.2, -0.15) is 0 Å². The van der Waals surface area contributed by atoms with Crippen molar-refractivity contribution in [3.05, 3.63) is 28.8 Å². The number of halogens is 1. The van der Waals surface area contributed by atoms with Crippen molar-refractivity contribution in [3.8, 4) is 5.75 Å². The zero-order chi connectivity index (χ0) is 15.3. The maximum atomic E-state index is 6.42. The van der Waals surface area contributed by atoms with E-state index in [1.165, 1.54) is 0 Å². The zero-order valence-corrected chi connectivity index (χ0v) is 14.3. The minimum atomic E-state index is 0.285. The summed E-state index contributed by atoms with van der Waals surface area (Å²) in [4.78, 5) is 0. The molecule has 2 atom stereocenters. The van der Waals surface area contributed by atoms with E-state index in [4.69, 9.17) is 16.3 Å². The summed E-state index contributed by atoms with van der Waals surface area (Å²) in [6.07, 6.45) is 1.07. The zero-order valence-electron chi connectivity index (χ0n) is 13.6. The summed E-state index contributed by atoms with van der Waals surface area (Å²) >= 11 is 6.42. The van der Waals surface area contributed by atoms with Crippen LogP contribution in [0.4, 0.5) is 0 Å². The summed E-state index contributed by atoms with van der Waals surface area (Å²) in [7, 11) is 1.66. The Balaban J connectivity index is 2.96. The lowest BCUT2D eigenvalue weighted by Gasteiger charge is -2.31. The third-order valence-corrected chi connectivity index (χ3v) is 4.43. The molecule has 0 aliphatic heterocycles. The summed E-state index contributed by atoms with van der Waals surface area (Å²) < 4.78 is 5.22. The molecule has 1 aromatic carbocycles. The Labute approximate surface area is 128 Å². The van der Waals surface area contributed by atoms with Crippen LogP contribution >= 0.6 is 11.6 Å². The van der Waals surface area contributed by atoms with Gasteiger partial charge in [0.25, 0.3) is 0 Å². The van der Waals surface area contributed by atoms with Gasteiger partial charge in [-0.3, -0.25) is 0 Å². The minimum absolute atomic E-state index is 0.285. The highest BCUT2D eigenvalue weighted by atomic mass is 35.5. The third-order valence-electron chi connectivity index (χ3n) is 4.10. The number of nitrogens with one attached hydrogen (secondary N) is 1. The molecular weight excluding hydrogens is 270 g/mol. The van der Waals surface area contributed by atoms with Crippen molar-refractivity contribution in [2.24, 2.45) is 11.3 Å². The van der Waals surface area contributed by atoms with Crippen LogP contribution in [0.3, 0.4) is 0 Å². The Kier molecular flexibility index (Phi) is 6.35. The van der Waals surface area contributed by atoms with Crippen LogP contribution in [0.25, 0.3) is 0 Å². The summed E-state index contributed by atoms with van der Waals surface area (Å²) in [6, 6.07) is 6.23. The van der Waals surface area contributed by atoms with Crippen molar-refractivity contribution >= 4 is 11.6 Å². The Morgan fingerprint density at radius 3 is 2.40 bits per heavy atom. The van der Waals surface area contributed by atoms with Gasteiger partial charge in [0, 0.05) is 11.1 Å². The van der Waals surface area contributed by atoms with E-state index in [2.05, 4.69) is 46.0 Å². The van der Waals surface area contributed by atoms with E-state index in [0.717, 1.165) is 29.3 Å². The van der Waals surface area contributed by atoms with E-state index in [1.807, 2.05) is 12.1 Å². The average molecular weight is 298 g/mol. The van der Waals surface area contributed by atoms with Crippen LogP contribution in [0.2, 0.25) is 5.02 Å². The van der Waals surface area contributed by atoms with Crippen LogP contribution in [0.1, 0.15) is 52.6 Å². The molecule has 0 aliphatic rings. The molecule has 3 heteroatoms. The van der Waals surface area contributed by atoms with Crippen LogP contribution in [0.5, 0.6) is 5.75 Å². The molecule has 1 aromatic rings. The molecule has 20 heavy (non-hydrogen) atoms. The molecule has 2 nitrogen and oxygen atoms in total. The molecule has 0 aliphatic carbocycles. The maximum absolute atomic E-state index is 6.42. The molecule has 0 fully saturated rings. The molecule has 0 saturated carbocycles. The molecule has 0 heterocycles. The highest BCUT2D eigenvalue weighted by molar-refractivity contribution is 6.31. The fraction of sp³-hybridized carbons (Fsp3) is 0.647. The first kappa shape index (κ1) is 17.3. The second kappa shape index (κ2) is 7.33. The quantitative estimate of drug-likeness (QED) is 0.791. The summed E-state index contributed by atoms with van der Waals surface area (Å²) in [5, 5.41) is 4.33. The van der Waals surface area contributed by atoms with E-state index in [0.29, 0.717) is 11.3 Å². The smallest absolute Gasteiger partial charge is 0.120 e. The Bertz CT molecular complexity index is 425. The van der Waals surface area contributed by atoms with Crippen molar-refractivity contribution in [1.82, 2.24) is 5.32 Å². The number of methoxy groups -OCH3 is 1. The first-order valence-electron chi connectivity index (χ1n) is 7.36. The summed E-state index contributed by atoms with van der Waals surface area (Å²) in [5.41, 5.74) is 1.46. The lowest BCUT2D eigenvalue weighted by molar-refractivity contribution is 0.224. The van der Waals surface area contributed by atoms with Crippen molar-refractivity contribution in [1.29, 1.82) is 0 Å². The van der Waals surface area contributed by atoms with Crippen LogP contribution in [-0.2, 0) is 0 Å². The van der Waals surface area contributed by atoms with E-state index < -0.39 is 0 Å². The number of ether oxygens (including phenoxy) is 1. The van der Waals surface area contributed by atoms with Crippen LogP contribution in [0, 0.1) is 11.3 Å². The summed E-state index contributed by atoms with van der Waals surface area (Å²) in [6.45, 7) is 12.2. The summed E-state index contributed by atoms with van der Waals surface area (Å²) in [5.74, 6) is 1.41. The van der Waals surface area contributed by atoms with Gasteiger partial charge in [-0.1, -0.05) is 52.3 Å². The number of rotatable bonds is 6. The predicted molar refractivity (Wildman–Crippen MR) is 87.7 cm³/mol. The minimum Gasteiger partial charge on any atom is -0.497 e. The van der Waals surface area contributed by atoms with E-state index in [9.17, 15) is 0 Å². The maximum Gasteiger partial charge on any atom is 0.120 e. The molecule has 0 aromatic heterocycles. The monoisotopic (exact) mass is 297 g/mol. The van der Waals surface area contributed by atoms with Gasteiger partial charge in [0.15, 0.2) is 0 Å². The van der Waals surface area contributed by atoms with Crippen LogP contribution in [0.15, 0.2) is 18.2 Å². The van der Waals surface area contributed by atoms with Crippen molar-refractivity contribution < 1.29 is 4.74 Å². The van der Waals surface area contributed by atoms with Gasteiger partial charge in [0.2, 0.25) is 0 Å². The Morgan fingerprint density at radius 2 is 1.95 bits per heavy atom. The van der Waals surface area contributed by atoms with Gasteiger partial charge in [0.05, 0.1) is 7.11 Å². The number of hydrogen-bond acceptors (Lipinski definition) is 2.